The van der Waals surface area contributed by atoms with Crippen molar-refractivity contribution < 1.29 is 19.1 Å². The van der Waals surface area contributed by atoms with Crippen molar-refractivity contribution in [3.8, 4) is 5.75 Å². The lowest BCUT2D eigenvalue weighted by atomic mass is 9.99. The third-order valence-corrected chi connectivity index (χ3v) is 6.53. The molecule has 2 heterocycles. The summed E-state index contributed by atoms with van der Waals surface area (Å²) in [6.07, 6.45) is 0.828. The highest BCUT2D eigenvalue weighted by Gasteiger charge is 2.39. The SMILES string of the molecule is COc1ccc(N2C(=O)C(Cl)=C(Nc3ccc(C(=O)N4CCc5ccccc5C4)cc3)C2=O)cc1. The summed E-state index contributed by atoms with van der Waals surface area (Å²) in [6, 6.07) is 21.5. The third kappa shape index (κ3) is 4.26. The van der Waals surface area contributed by atoms with Crippen LogP contribution >= 0.6 is 11.6 Å². The number of rotatable bonds is 5. The molecule has 3 aromatic carbocycles. The van der Waals surface area contributed by atoms with Crippen LogP contribution in [0.1, 0.15) is 21.5 Å². The van der Waals surface area contributed by atoms with Crippen molar-refractivity contribution in [1.29, 1.82) is 0 Å². The van der Waals surface area contributed by atoms with Gasteiger partial charge in [0, 0.05) is 24.3 Å². The molecule has 0 atom stereocenters. The summed E-state index contributed by atoms with van der Waals surface area (Å²) in [4.78, 5) is 41.5. The summed E-state index contributed by atoms with van der Waals surface area (Å²) in [5.41, 5.74) is 3.90. The molecule has 1 N–H and O–H groups in total. The van der Waals surface area contributed by atoms with Gasteiger partial charge in [0.25, 0.3) is 17.7 Å². The predicted molar refractivity (Wildman–Crippen MR) is 133 cm³/mol. The van der Waals surface area contributed by atoms with Gasteiger partial charge in [-0.2, -0.15) is 0 Å². The van der Waals surface area contributed by atoms with E-state index in [1.165, 1.54) is 12.7 Å². The number of amides is 3. The van der Waals surface area contributed by atoms with Crippen molar-refractivity contribution in [2.45, 2.75) is 13.0 Å². The molecular formula is C27H22ClN3O4. The van der Waals surface area contributed by atoms with Gasteiger partial charge in [0.1, 0.15) is 16.5 Å². The number of benzene rings is 3. The fraction of sp³-hybridized carbons (Fsp3) is 0.148. The van der Waals surface area contributed by atoms with E-state index in [-0.39, 0.29) is 16.6 Å². The number of hydrogen-bond acceptors (Lipinski definition) is 5. The highest BCUT2D eigenvalue weighted by molar-refractivity contribution is 6.53. The number of imide groups is 1. The molecule has 0 aromatic heterocycles. The summed E-state index contributed by atoms with van der Waals surface area (Å²) in [6.45, 7) is 1.24. The lowest BCUT2D eigenvalue weighted by molar-refractivity contribution is -0.120. The second-order valence-electron chi connectivity index (χ2n) is 8.28. The van der Waals surface area contributed by atoms with Crippen LogP contribution in [0.2, 0.25) is 0 Å². The molecule has 2 aliphatic rings. The highest BCUT2D eigenvalue weighted by Crippen LogP contribution is 2.31. The zero-order valence-corrected chi connectivity index (χ0v) is 19.7. The molecule has 3 aromatic rings. The Kier molecular flexibility index (Phi) is 6.01. The zero-order chi connectivity index (χ0) is 24.5. The average Bonchev–Trinajstić information content (AvgIpc) is 3.11. The number of halogens is 1. The maximum atomic E-state index is 13.0. The molecule has 5 rings (SSSR count). The van der Waals surface area contributed by atoms with Crippen LogP contribution in [0.5, 0.6) is 5.75 Å². The number of ether oxygens (including phenoxy) is 1. The molecule has 8 heteroatoms. The number of nitrogens with zero attached hydrogens (tertiary/aromatic N) is 2. The standard InChI is InChI=1S/C27H22ClN3O4/c1-35-22-12-10-21(11-13-22)31-26(33)23(28)24(27(31)34)29-20-8-6-18(7-9-20)25(32)30-15-14-17-4-2-3-5-19(17)16-30/h2-13,29H,14-16H2,1H3. The van der Waals surface area contributed by atoms with E-state index in [9.17, 15) is 14.4 Å². The molecule has 3 amide bonds. The van der Waals surface area contributed by atoms with Crippen LogP contribution in [-0.4, -0.2) is 36.3 Å². The van der Waals surface area contributed by atoms with Gasteiger partial charge < -0.3 is 15.0 Å². The molecule has 0 saturated carbocycles. The lowest BCUT2D eigenvalue weighted by Gasteiger charge is -2.29. The Hall–Kier alpha value is -4.10. The molecule has 35 heavy (non-hydrogen) atoms. The average molecular weight is 488 g/mol. The summed E-state index contributed by atoms with van der Waals surface area (Å²) in [5.74, 6) is -0.617. The first-order valence-corrected chi connectivity index (χ1v) is 11.5. The topological polar surface area (TPSA) is 79.0 Å². The largest absolute Gasteiger partial charge is 0.497 e. The van der Waals surface area contributed by atoms with Crippen molar-refractivity contribution in [1.82, 2.24) is 4.90 Å². The summed E-state index contributed by atoms with van der Waals surface area (Å²) in [5, 5.41) is 2.74. The predicted octanol–water partition coefficient (Wildman–Crippen LogP) is 4.33. The fourth-order valence-electron chi connectivity index (χ4n) is 4.27. The van der Waals surface area contributed by atoms with Gasteiger partial charge in [-0.1, -0.05) is 35.9 Å². The van der Waals surface area contributed by atoms with E-state index >= 15 is 0 Å². The van der Waals surface area contributed by atoms with E-state index in [2.05, 4.69) is 11.4 Å². The zero-order valence-electron chi connectivity index (χ0n) is 19.0. The Bertz CT molecular complexity index is 1350. The normalized spacial score (nSPS) is 15.4. The van der Waals surface area contributed by atoms with E-state index in [0.717, 1.165) is 16.9 Å². The van der Waals surface area contributed by atoms with Gasteiger partial charge in [0.2, 0.25) is 0 Å². The highest BCUT2D eigenvalue weighted by atomic mass is 35.5. The van der Waals surface area contributed by atoms with Gasteiger partial charge in [-0.25, -0.2) is 4.90 Å². The maximum Gasteiger partial charge on any atom is 0.283 e. The second-order valence-corrected chi connectivity index (χ2v) is 8.66. The Balaban J connectivity index is 1.29. The van der Waals surface area contributed by atoms with E-state index < -0.39 is 11.8 Å². The van der Waals surface area contributed by atoms with Crippen LogP contribution in [-0.2, 0) is 22.6 Å². The van der Waals surface area contributed by atoms with Gasteiger partial charge in [-0.15, -0.1) is 0 Å². The van der Waals surface area contributed by atoms with Gasteiger partial charge in [-0.3, -0.25) is 14.4 Å². The van der Waals surface area contributed by atoms with Crippen LogP contribution in [0.4, 0.5) is 11.4 Å². The molecule has 176 valence electrons. The number of nitrogens with one attached hydrogen (secondary N) is 1. The molecule has 0 saturated heterocycles. The number of fused-ring (bicyclic) bond motifs is 1. The van der Waals surface area contributed by atoms with Crippen LogP contribution in [0, 0.1) is 0 Å². The van der Waals surface area contributed by atoms with Crippen molar-refractivity contribution in [2.75, 3.05) is 23.9 Å². The molecule has 2 aliphatic heterocycles. The number of hydrogen-bond donors (Lipinski definition) is 1. The van der Waals surface area contributed by atoms with Crippen LogP contribution in [0.15, 0.2) is 83.5 Å². The first-order valence-electron chi connectivity index (χ1n) is 11.1. The minimum atomic E-state index is -0.610. The molecule has 0 fully saturated rings. The Morgan fingerprint density at radius 2 is 1.60 bits per heavy atom. The van der Waals surface area contributed by atoms with Crippen LogP contribution < -0.4 is 15.0 Å². The second kappa shape index (κ2) is 9.27. The van der Waals surface area contributed by atoms with Crippen molar-refractivity contribution in [3.63, 3.8) is 0 Å². The number of anilines is 2. The third-order valence-electron chi connectivity index (χ3n) is 6.18. The monoisotopic (exact) mass is 487 g/mol. The van der Waals surface area contributed by atoms with Crippen molar-refractivity contribution in [3.05, 3.63) is 100 Å². The lowest BCUT2D eigenvalue weighted by Crippen LogP contribution is -2.35. The first-order chi connectivity index (χ1) is 17.0. The Morgan fingerprint density at radius 1 is 0.914 bits per heavy atom. The van der Waals surface area contributed by atoms with E-state index in [1.807, 2.05) is 23.1 Å². The first kappa shape index (κ1) is 22.7. The smallest absolute Gasteiger partial charge is 0.283 e. The maximum absolute atomic E-state index is 13.0. The van der Waals surface area contributed by atoms with E-state index in [4.69, 9.17) is 16.3 Å². The van der Waals surface area contributed by atoms with Gasteiger partial charge in [0.05, 0.1) is 12.8 Å². The van der Waals surface area contributed by atoms with E-state index in [0.29, 0.717) is 35.8 Å². The van der Waals surface area contributed by atoms with E-state index in [1.54, 1.807) is 48.5 Å². The molecule has 0 aliphatic carbocycles. The van der Waals surface area contributed by atoms with Gasteiger partial charge >= 0.3 is 0 Å². The molecule has 0 bridgehead atoms. The Morgan fingerprint density at radius 3 is 2.29 bits per heavy atom. The fourth-order valence-corrected chi connectivity index (χ4v) is 4.48. The van der Waals surface area contributed by atoms with Gasteiger partial charge in [-0.05, 0) is 66.1 Å². The minimum Gasteiger partial charge on any atom is -0.497 e. The number of methoxy groups -OCH3 is 1. The van der Waals surface area contributed by atoms with Crippen molar-refractivity contribution >= 4 is 40.7 Å². The molecule has 0 spiro atoms. The number of carbonyl (C=O) groups excluding carboxylic acids is 3. The summed E-state index contributed by atoms with van der Waals surface area (Å²) >= 11 is 6.22. The molecule has 0 unspecified atom stereocenters. The molecular weight excluding hydrogens is 466 g/mol. The van der Waals surface area contributed by atoms with Gasteiger partial charge in [0.15, 0.2) is 0 Å². The number of carbonyl (C=O) groups is 3. The molecule has 7 nitrogen and oxygen atoms in total. The summed E-state index contributed by atoms with van der Waals surface area (Å²) in [7, 11) is 1.53. The summed E-state index contributed by atoms with van der Waals surface area (Å²) < 4.78 is 5.12. The van der Waals surface area contributed by atoms with Crippen LogP contribution in [0.25, 0.3) is 0 Å². The Labute approximate surface area is 207 Å². The van der Waals surface area contributed by atoms with Crippen molar-refractivity contribution in [2.24, 2.45) is 0 Å². The van der Waals surface area contributed by atoms with Crippen LogP contribution in [0.3, 0.4) is 0 Å². The minimum absolute atomic E-state index is 0.0146. The quantitative estimate of drug-likeness (QED) is 0.542. The molecule has 0 radical (unpaired) electrons.